The van der Waals surface area contributed by atoms with Crippen LogP contribution in [0.3, 0.4) is 0 Å². The van der Waals surface area contributed by atoms with Gasteiger partial charge in [-0.05, 0) is 18.9 Å². The van der Waals surface area contributed by atoms with E-state index < -0.39 is 0 Å². The summed E-state index contributed by atoms with van der Waals surface area (Å²) in [4.78, 5) is 0. The molecule has 0 aliphatic heterocycles. The summed E-state index contributed by atoms with van der Waals surface area (Å²) >= 11 is 0. The molecule has 2 rings (SSSR count). The van der Waals surface area contributed by atoms with Crippen molar-refractivity contribution in [3.05, 3.63) is 23.7 Å². The fraction of sp³-hybridized carbons (Fsp3) is 0.692. The zero-order valence-electron chi connectivity index (χ0n) is 9.78. The molecule has 0 bridgehead atoms. The molecule has 0 spiro atoms. The minimum absolute atomic E-state index is 0.433. The third-order valence-corrected chi connectivity index (χ3v) is 3.30. The van der Waals surface area contributed by atoms with Crippen molar-refractivity contribution in [2.24, 2.45) is 5.73 Å². The van der Waals surface area contributed by atoms with Gasteiger partial charge in [0.2, 0.25) is 0 Å². The lowest BCUT2D eigenvalue weighted by atomic mass is 10.1. The highest BCUT2D eigenvalue weighted by Gasteiger charge is 2.13. The number of hydrogen-bond donors (Lipinski definition) is 1. The van der Waals surface area contributed by atoms with Crippen LogP contribution in [0.2, 0.25) is 0 Å². The fourth-order valence-corrected chi connectivity index (χ4v) is 2.29. The second kappa shape index (κ2) is 6.06. The molecule has 3 nitrogen and oxygen atoms in total. The van der Waals surface area contributed by atoms with Crippen LogP contribution in [0.15, 0.2) is 16.7 Å². The quantitative estimate of drug-likeness (QED) is 0.798. The largest absolute Gasteiger partial charge is 0.468 e. The second-order valence-electron chi connectivity index (χ2n) is 4.50. The molecule has 2 N–H and O–H groups in total. The van der Waals surface area contributed by atoms with Crippen LogP contribution in [0.1, 0.15) is 49.8 Å². The first-order valence-corrected chi connectivity index (χ1v) is 6.27. The van der Waals surface area contributed by atoms with Crippen LogP contribution in [0, 0.1) is 0 Å². The zero-order valence-corrected chi connectivity index (χ0v) is 9.78. The third kappa shape index (κ3) is 3.09. The number of hydrogen-bond acceptors (Lipinski definition) is 3. The number of rotatable bonds is 4. The van der Waals surface area contributed by atoms with Crippen LogP contribution in [0.5, 0.6) is 0 Å². The molecular weight excluding hydrogens is 202 g/mol. The average molecular weight is 223 g/mol. The van der Waals surface area contributed by atoms with E-state index in [1.54, 1.807) is 6.26 Å². The number of ether oxygens (including phenoxy) is 1. The normalized spacial score (nSPS) is 18.6. The lowest BCUT2D eigenvalue weighted by Crippen LogP contribution is -2.12. The molecule has 1 fully saturated rings. The van der Waals surface area contributed by atoms with Crippen molar-refractivity contribution >= 4 is 0 Å². The van der Waals surface area contributed by atoms with Crippen LogP contribution in [-0.2, 0) is 17.9 Å². The van der Waals surface area contributed by atoms with E-state index in [9.17, 15) is 0 Å². The first-order chi connectivity index (χ1) is 7.90. The van der Waals surface area contributed by atoms with Crippen LogP contribution in [0.25, 0.3) is 0 Å². The summed E-state index contributed by atoms with van der Waals surface area (Å²) in [6.45, 7) is 1.10. The van der Waals surface area contributed by atoms with Gasteiger partial charge in [-0.2, -0.15) is 0 Å². The molecule has 0 atom stereocenters. The van der Waals surface area contributed by atoms with Crippen molar-refractivity contribution in [1.29, 1.82) is 0 Å². The van der Waals surface area contributed by atoms with E-state index in [0.29, 0.717) is 19.3 Å². The minimum Gasteiger partial charge on any atom is -0.468 e. The Morgan fingerprint density at radius 3 is 2.69 bits per heavy atom. The van der Waals surface area contributed by atoms with Crippen molar-refractivity contribution < 1.29 is 9.15 Å². The Balaban J connectivity index is 1.81. The maximum atomic E-state index is 5.93. The molecule has 3 heteroatoms. The predicted molar refractivity (Wildman–Crippen MR) is 62.9 cm³/mol. The zero-order chi connectivity index (χ0) is 11.2. The van der Waals surface area contributed by atoms with E-state index in [-0.39, 0.29) is 0 Å². The van der Waals surface area contributed by atoms with Crippen molar-refractivity contribution in [3.8, 4) is 0 Å². The van der Waals surface area contributed by atoms with Gasteiger partial charge in [-0.1, -0.05) is 25.7 Å². The van der Waals surface area contributed by atoms with Crippen LogP contribution in [-0.4, -0.2) is 6.10 Å². The van der Waals surface area contributed by atoms with E-state index in [4.69, 9.17) is 14.9 Å². The van der Waals surface area contributed by atoms with Crippen LogP contribution < -0.4 is 5.73 Å². The van der Waals surface area contributed by atoms with Crippen molar-refractivity contribution in [2.45, 2.75) is 57.8 Å². The Morgan fingerprint density at radius 2 is 2.00 bits per heavy atom. The lowest BCUT2D eigenvalue weighted by Gasteiger charge is -2.14. The summed E-state index contributed by atoms with van der Waals surface area (Å²) in [5.74, 6) is 0.855. The second-order valence-corrected chi connectivity index (χ2v) is 4.50. The summed E-state index contributed by atoms with van der Waals surface area (Å²) < 4.78 is 11.2. The molecule has 16 heavy (non-hydrogen) atoms. The van der Waals surface area contributed by atoms with Gasteiger partial charge >= 0.3 is 0 Å². The first-order valence-electron chi connectivity index (χ1n) is 6.27. The van der Waals surface area contributed by atoms with Gasteiger partial charge in [-0.15, -0.1) is 0 Å². The standard InChI is InChI=1S/C13H21NO2/c14-9-13-11(7-8-15-13)10-16-12-5-3-1-2-4-6-12/h7-8,12H,1-6,9-10,14H2. The topological polar surface area (TPSA) is 48.4 Å². The third-order valence-electron chi connectivity index (χ3n) is 3.30. The smallest absolute Gasteiger partial charge is 0.122 e. The number of nitrogens with two attached hydrogens (primary N) is 1. The maximum Gasteiger partial charge on any atom is 0.122 e. The van der Waals surface area contributed by atoms with Gasteiger partial charge in [0.15, 0.2) is 0 Å². The molecule has 0 unspecified atom stereocenters. The number of furan rings is 1. The molecule has 1 aromatic rings. The average Bonchev–Trinajstić information content (AvgIpc) is 2.60. The molecule has 1 saturated carbocycles. The van der Waals surface area contributed by atoms with Gasteiger partial charge in [-0.25, -0.2) is 0 Å². The van der Waals surface area contributed by atoms with Crippen molar-refractivity contribution in [2.75, 3.05) is 0 Å². The molecule has 0 saturated heterocycles. The van der Waals surface area contributed by atoms with E-state index in [1.165, 1.54) is 38.5 Å². The maximum absolute atomic E-state index is 5.93. The molecule has 90 valence electrons. The molecule has 0 aromatic carbocycles. The molecule has 1 heterocycles. The van der Waals surface area contributed by atoms with Gasteiger partial charge in [0, 0.05) is 5.56 Å². The Bertz CT molecular complexity index is 301. The van der Waals surface area contributed by atoms with Gasteiger partial charge in [0.05, 0.1) is 25.5 Å². The van der Waals surface area contributed by atoms with Gasteiger partial charge in [-0.3, -0.25) is 0 Å². The summed E-state index contributed by atoms with van der Waals surface area (Å²) in [6.07, 6.45) is 9.86. The molecule has 0 amide bonds. The predicted octanol–water partition coefficient (Wildman–Crippen LogP) is 2.98. The van der Waals surface area contributed by atoms with E-state index in [0.717, 1.165) is 11.3 Å². The van der Waals surface area contributed by atoms with E-state index >= 15 is 0 Å². The fourth-order valence-electron chi connectivity index (χ4n) is 2.29. The Morgan fingerprint density at radius 1 is 1.25 bits per heavy atom. The molecule has 0 radical (unpaired) electrons. The van der Waals surface area contributed by atoms with Crippen molar-refractivity contribution in [1.82, 2.24) is 0 Å². The summed E-state index contributed by atoms with van der Waals surface area (Å²) in [6, 6.07) is 1.96. The Kier molecular flexibility index (Phi) is 4.43. The van der Waals surface area contributed by atoms with Crippen LogP contribution in [0.4, 0.5) is 0 Å². The molecule has 1 aliphatic rings. The van der Waals surface area contributed by atoms with E-state index in [1.807, 2.05) is 6.07 Å². The lowest BCUT2D eigenvalue weighted by molar-refractivity contribution is 0.0303. The monoisotopic (exact) mass is 223 g/mol. The molecule has 1 aliphatic carbocycles. The molecular formula is C13H21NO2. The van der Waals surface area contributed by atoms with Gasteiger partial charge in [0.1, 0.15) is 5.76 Å². The minimum atomic E-state index is 0.433. The van der Waals surface area contributed by atoms with Gasteiger partial charge < -0.3 is 14.9 Å². The van der Waals surface area contributed by atoms with Crippen molar-refractivity contribution in [3.63, 3.8) is 0 Å². The highest BCUT2D eigenvalue weighted by molar-refractivity contribution is 5.15. The summed E-state index contributed by atoms with van der Waals surface area (Å²) in [5.41, 5.74) is 6.68. The molecule has 1 aromatic heterocycles. The highest BCUT2D eigenvalue weighted by Crippen LogP contribution is 2.21. The van der Waals surface area contributed by atoms with E-state index in [2.05, 4.69) is 0 Å². The Labute approximate surface area is 97.0 Å². The summed E-state index contributed by atoms with van der Waals surface area (Å²) in [5, 5.41) is 0. The van der Waals surface area contributed by atoms with Gasteiger partial charge in [0.25, 0.3) is 0 Å². The van der Waals surface area contributed by atoms with Crippen LogP contribution >= 0.6 is 0 Å². The highest BCUT2D eigenvalue weighted by atomic mass is 16.5. The SMILES string of the molecule is NCc1occc1COC1CCCCCC1. The Hall–Kier alpha value is -0.800. The summed E-state index contributed by atoms with van der Waals surface area (Å²) in [7, 11) is 0. The first kappa shape index (κ1) is 11.7.